The summed E-state index contributed by atoms with van der Waals surface area (Å²) in [4.78, 5) is 11.2. The summed E-state index contributed by atoms with van der Waals surface area (Å²) < 4.78 is 5.79. The Hall–Kier alpha value is -1.81. The molecule has 0 saturated carbocycles. The molecule has 0 aliphatic carbocycles. The van der Waals surface area contributed by atoms with Gasteiger partial charge in [0.2, 0.25) is 5.91 Å². The molecule has 1 aromatic heterocycles. The van der Waals surface area contributed by atoms with Gasteiger partial charge in [-0.1, -0.05) is 25.1 Å². The summed E-state index contributed by atoms with van der Waals surface area (Å²) in [7, 11) is 1.63. The van der Waals surface area contributed by atoms with E-state index in [4.69, 9.17) is 4.42 Å². The third-order valence-electron chi connectivity index (χ3n) is 2.97. The van der Waals surface area contributed by atoms with Gasteiger partial charge in [0.25, 0.3) is 0 Å². The summed E-state index contributed by atoms with van der Waals surface area (Å²) >= 11 is 0. The second-order valence-electron chi connectivity index (χ2n) is 4.13. The van der Waals surface area contributed by atoms with Crippen LogP contribution in [0.1, 0.15) is 18.2 Å². The molecule has 1 aromatic carbocycles. The van der Waals surface area contributed by atoms with Gasteiger partial charge >= 0.3 is 0 Å². The number of para-hydroxylation sites is 1. The van der Waals surface area contributed by atoms with Gasteiger partial charge in [0.05, 0.1) is 6.54 Å². The van der Waals surface area contributed by atoms with Gasteiger partial charge in [-0.3, -0.25) is 4.79 Å². The first-order valence-corrected chi connectivity index (χ1v) is 6.16. The number of rotatable bonds is 5. The van der Waals surface area contributed by atoms with E-state index in [1.165, 1.54) is 0 Å². The number of hydrogen-bond acceptors (Lipinski definition) is 3. The molecule has 0 aliphatic rings. The quantitative estimate of drug-likeness (QED) is 0.846. The molecular weight excluding hydrogens is 228 g/mol. The third kappa shape index (κ3) is 2.54. The lowest BCUT2D eigenvalue weighted by atomic mass is 10.1. The molecule has 96 valence electrons. The van der Waals surface area contributed by atoms with Gasteiger partial charge in [-0.15, -0.1) is 0 Å². The van der Waals surface area contributed by atoms with Crippen LogP contribution in [-0.2, 0) is 17.8 Å². The summed E-state index contributed by atoms with van der Waals surface area (Å²) in [6, 6.07) is 7.98. The van der Waals surface area contributed by atoms with Crippen LogP contribution >= 0.6 is 0 Å². The van der Waals surface area contributed by atoms with Crippen molar-refractivity contribution in [1.82, 2.24) is 10.6 Å². The van der Waals surface area contributed by atoms with Crippen LogP contribution < -0.4 is 10.6 Å². The summed E-state index contributed by atoms with van der Waals surface area (Å²) in [5.74, 6) is 0.974. The van der Waals surface area contributed by atoms with Crippen molar-refractivity contribution in [2.75, 3.05) is 13.6 Å². The molecule has 0 aliphatic heterocycles. The standard InChI is InChI=1S/C14H18N2O2/c1-3-12-11(8-16-9-14(17)15-2)10-6-4-5-7-13(10)18-12/h4-7,16H,3,8-9H2,1-2H3,(H,15,17). The third-order valence-corrected chi connectivity index (χ3v) is 2.97. The van der Waals surface area contributed by atoms with Gasteiger partial charge in [-0.05, 0) is 6.07 Å². The van der Waals surface area contributed by atoms with Gasteiger partial charge in [0.1, 0.15) is 11.3 Å². The van der Waals surface area contributed by atoms with Crippen LogP contribution in [0.15, 0.2) is 28.7 Å². The predicted octanol–water partition coefficient (Wildman–Crippen LogP) is 1.83. The van der Waals surface area contributed by atoms with Crippen molar-refractivity contribution in [1.29, 1.82) is 0 Å². The maximum Gasteiger partial charge on any atom is 0.233 e. The van der Waals surface area contributed by atoms with E-state index in [1.54, 1.807) is 7.05 Å². The lowest BCUT2D eigenvalue weighted by Crippen LogP contribution is -2.31. The zero-order valence-corrected chi connectivity index (χ0v) is 10.7. The van der Waals surface area contributed by atoms with Crippen molar-refractivity contribution in [2.45, 2.75) is 19.9 Å². The van der Waals surface area contributed by atoms with E-state index >= 15 is 0 Å². The molecule has 1 heterocycles. The first kappa shape index (κ1) is 12.6. The number of amides is 1. The highest BCUT2D eigenvalue weighted by Crippen LogP contribution is 2.25. The zero-order valence-electron chi connectivity index (χ0n) is 10.7. The Morgan fingerprint density at radius 3 is 2.83 bits per heavy atom. The molecule has 4 nitrogen and oxygen atoms in total. The van der Waals surface area contributed by atoms with Crippen molar-refractivity contribution in [3.63, 3.8) is 0 Å². The van der Waals surface area contributed by atoms with Crippen molar-refractivity contribution in [3.8, 4) is 0 Å². The first-order chi connectivity index (χ1) is 8.76. The Morgan fingerprint density at radius 2 is 2.11 bits per heavy atom. The molecule has 0 bridgehead atoms. The number of hydrogen-bond donors (Lipinski definition) is 2. The monoisotopic (exact) mass is 246 g/mol. The highest BCUT2D eigenvalue weighted by molar-refractivity contribution is 5.82. The lowest BCUT2D eigenvalue weighted by molar-refractivity contribution is -0.119. The molecule has 4 heteroatoms. The molecule has 1 amide bonds. The van der Waals surface area contributed by atoms with E-state index in [1.807, 2.05) is 18.2 Å². The molecule has 0 radical (unpaired) electrons. The number of aryl methyl sites for hydroxylation is 1. The summed E-state index contributed by atoms with van der Waals surface area (Å²) in [6.45, 7) is 3.03. The summed E-state index contributed by atoms with van der Waals surface area (Å²) in [6.07, 6.45) is 0.853. The van der Waals surface area contributed by atoms with Gasteiger partial charge in [-0.25, -0.2) is 0 Å². The minimum Gasteiger partial charge on any atom is -0.461 e. The molecule has 0 spiro atoms. The van der Waals surface area contributed by atoms with Crippen molar-refractivity contribution >= 4 is 16.9 Å². The lowest BCUT2D eigenvalue weighted by Gasteiger charge is -2.04. The largest absolute Gasteiger partial charge is 0.461 e. The maximum atomic E-state index is 11.2. The van der Waals surface area contributed by atoms with E-state index in [9.17, 15) is 4.79 Å². The van der Waals surface area contributed by atoms with E-state index < -0.39 is 0 Å². The number of nitrogens with one attached hydrogen (secondary N) is 2. The number of benzene rings is 1. The molecular formula is C14H18N2O2. The van der Waals surface area contributed by atoms with E-state index in [0.717, 1.165) is 28.7 Å². The molecule has 18 heavy (non-hydrogen) atoms. The van der Waals surface area contributed by atoms with Crippen molar-refractivity contribution in [2.24, 2.45) is 0 Å². The number of furan rings is 1. The number of likely N-dealkylation sites (N-methyl/N-ethyl adjacent to an activating group) is 1. The highest BCUT2D eigenvalue weighted by Gasteiger charge is 2.12. The van der Waals surface area contributed by atoms with Crippen LogP contribution in [0, 0.1) is 0 Å². The van der Waals surface area contributed by atoms with Gasteiger partial charge in [0.15, 0.2) is 0 Å². The van der Waals surface area contributed by atoms with Gasteiger partial charge < -0.3 is 15.1 Å². The molecule has 0 unspecified atom stereocenters. The summed E-state index contributed by atoms with van der Waals surface area (Å²) in [5, 5.41) is 6.84. The average molecular weight is 246 g/mol. The van der Waals surface area contributed by atoms with E-state index in [2.05, 4.69) is 23.6 Å². The Balaban J connectivity index is 2.18. The maximum absolute atomic E-state index is 11.2. The van der Waals surface area contributed by atoms with Crippen LogP contribution in [0.2, 0.25) is 0 Å². The van der Waals surface area contributed by atoms with Gasteiger partial charge in [-0.2, -0.15) is 0 Å². The average Bonchev–Trinajstić information content (AvgIpc) is 2.77. The Labute approximate surface area is 106 Å². The number of carbonyl (C=O) groups excluding carboxylic acids is 1. The van der Waals surface area contributed by atoms with Crippen molar-refractivity contribution < 1.29 is 9.21 Å². The smallest absolute Gasteiger partial charge is 0.233 e. The fourth-order valence-corrected chi connectivity index (χ4v) is 2.02. The van der Waals surface area contributed by atoms with Crippen LogP contribution in [0.5, 0.6) is 0 Å². The van der Waals surface area contributed by atoms with Gasteiger partial charge in [0, 0.05) is 31.0 Å². The fraction of sp³-hybridized carbons (Fsp3) is 0.357. The molecule has 0 saturated heterocycles. The molecule has 2 aromatic rings. The topological polar surface area (TPSA) is 54.3 Å². The SMILES string of the molecule is CCc1oc2ccccc2c1CNCC(=O)NC. The molecule has 2 N–H and O–H groups in total. The van der Waals surface area contributed by atoms with Crippen LogP contribution in [0.4, 0.5) is 0 Å². The molecule has 0 atom stereocenters. The minimum atomic E-state index is -0.0131. The number of carbonyl (C=O) groups is 1. The van der Waals surface area contributed by atoms with E-state index in [-0.39, 0.29) is 5.91 Å². The fourth-order valence-electron chi connectivity index (χ4n) is 2.02. The normalized spacial score (nSPS) is 10.8. The first-order valence-electron chi connectivity index (χ1n) is 6.16. The second kappa shape index (κ2) is 5.69. The van der Waals surface area contributed by atoms with Crippen LogP contribution in [0.3, 0.4) is 0 Å². The Bertz CT molecular complexity index is 546. The van der Waals surface area contributed by atoms with Crippen LogP contribution in [0.25, 0.3) is 11.0 Å². The van der Waals surface area contributed by atoms with E-state index in [0.29, 0.717) is 13.1 Å². The minimum absolute atomic E-state index is 0.0131. The zero-order chi connectivity index (χ0) is 13.0. The Kier molecular flexibility index (Phi) is 3.99. The van der Waals surface area contributed by atoms with Crippen molar-refractivity contribution in [3.05, 3.63) is 35.6 Å². The molecule has 0 fully saturated rings. The Morgan fingerprint density at radius 1 is 1.33 bits per heavy atom. The van der Waals surface area contributed by atoms with Crippen LogP contribution in [-0.4, -0.2) is 19.5 Å². The highest BCUT2D eigenvalue weighted by atomic mass is 16.3. The second-order valence-corrected chi connectivity index (χ2v) is 4.13. The summed E-state index contributed by atoms with van der Waals surface area (Å²) in [5.41, 5.74) is 2.06. The predicted molar refractivity (Wildman–Crippen MR) is 71.4 cm³/mol. The molecule has 2 rings (SSSR count). The number of fused-ring (bicyclic) bond motifs is 1.